The first-order chi connectivity index (χ1) is 7.49. The highest BCUT2D eigenvalue weighted by molar-refractivity contribution is 5.77. The molecule has 1 rings (SSSR count). The molecule has 0 saturated heterocycles. The van der Waals surface area contributed by atoms with Gasteiger partial charge in [-0.25, -0.2) is 13.6 Å². The third-order valence-corrected chi connectivity index (χ3v) is 1.89. The first-order valence-corrected chi connectivity index (χ1v) is 4.50. The van der Waals surface area contributed by atoms with Crippen LogP contribution < -0.4 is 0 Å². The van der Waals surface area contributed by atoms with Gasteiger partial charge in [0.25, 0.3) is 0 Å². The van der Waals surface area contributed by atoms with Crippen LogP contribution in [0.25, 0.3) is 0 Å². The van der Waals surface area contributed by atoms with Crippen LogP contribution in [0.3, 0.4) is 0 Å². The van der Waals surface area contributed by atoms with E-state index in [1.165, 1.54) is 6.92 Å². The minimum absolute atomic E-state index is 0.0202. The van der Waals surface area contributed by atoms with Crippen LogP contribution in [0.5, 0.6) is 5.75 Å². The maximum absolute atomic E-state index is 13.2. The van der Waals surface area contributed by atoms with Crippen molar-refractivity contribution >= 4 is 5.97 Å². The molecule has 1 unspecified atom stereocenters. The van der Waals surface area contributed by atoms with Gasteiger partial charge in [-0.15, -0.1) is 0 Å². The molecule has 0 spiro atoms. The number of benzene rings is 1. The number of phenols is 1. The fourth-order valence-electron chi connectivity index (χ4n) is 1.16. The Morgan fingerprint density at radius 3 is 2.69 bits per heavy atom. The van der Waals surface area contributed by atoms with Gasteiger partial charge < -0.3 is 14.9 Å². The second kappa shape index (κ2) is 4.89. The summed E-state index contributed by atoms with van der Waals surface area (Å²) >= 11 is 0. The van der Waals surface area contributed by atoms with Gasteiger partial charge in [-0.05, 0) is 19.1 Å². The van der Waals surface area contributed by atoms with Crippen LogP contribution in [0.4, 0.5) is 8.78 Å². The molecule has 0 radical (unpaired) electrons. The second-order valence-electron chi connectivity index (χ2n) is 2.95. The third kappa shape index (κ3) is 2.27. The summed E-state index contributed by atoms with van der Waals surface area (Å²) in [6.07, 6.45) is -2.05. The summed E-state index contributed by atoms with van der Waals surface area (Å²) in [6, 6.07) is 1.53. The molecule has 4 nitrogen and oxygen atoms in total. The highest BCUT2D eigenvalue weighted by Crippen LogP contribution is 2.29. The Bertz CT molecular complexity index is 406. The van der Waals surface area contributed by atoms with Gasteiger partial charge in [0.15, 0.2) is 17.7 Å². The molecular formula is C10H10F2O4. The molecule has 1 atom stereocenters. The largest absolute Gasteiger partial charge is 0.507 e. The van der Waals surface area contributed by atoms with Crippen molar-refractivity contribution in [1.29, 1.82) is 0 Å². The molecule has 1 aromatic rings. The zero-order chi connectivity index (χ0) is 12.3. The average molecular weight is 232 g/mol. The summed E-state index contributed by atoms with van der Waals surface area (Å²) in [7, 11) is 0. The van der Waals surface area contributed by atoms with Crippen LogP contribution >= 0.6 is 0 Å². The highest BCUT2D eigenvalue weighted by atomic mass is 19.2. The average Bonchev–Trinajstić information content (AvgIpc) is 2.24. The second-order valence-corrected chi connectivity index (χ2v) is 2.95. The maximum atomic E-state index is 13.2. The van der Waals surface area contributed by atoms with E-state index in [2.05, 4.69) is 4.74 Å². The predicted molar refractivity (Wildman–Crippen MR) is 49.6 cm³/mol. The Labute approximate surface area is 90.1 Å². The van der Waals surface area contributed by atoms with Crippen LogP contribution in [0, 0.1) is 11.6 Å². The number of esters is 1. The van der Waals surface area contributed by atoms with Gasteiger partial charge in [0.05, 0.1) is 12.2 Å². The topological polar surface area (TPSA) is 66.8 Å². The third-order valence-electron chi connectivity index (χ3n) is 1.89. The molecule has 16 heavy (non-hydrogen) atoms. The smallest absolute Gasteiger partial charge is 0.339 e. The predicted octanol–water partition coefficient (Wildman–Crippen LogP) is 1.27. The van der Waals surface area contributed by atoms with Gasteiger partial charge in [-0.1, -0.05) is 0 Å². The molecule has 2 N–H and O–H groups in total. The van der Waals surface area contributed by atoms with Crippen LogP contribution in [-0.4, -0.2) is 22.8 Å². The van der Waals surface area contributed by atoms with Gasteiger partial charge in [0.2, 0.25) is 0 Å². The number of hydrogen-bond donors (Lipinski definition) is 2. The fourth-order valence-corrected chi connectivity index (χ4v) is 1.16. The lowest BCUT2D eigenvalue weighted by Gasteiger charge is -2.12. The quantitative estimate of drug-likeness (QED) is 0.770. The minimum Gasteiger partial charge on any atom is -0.507 e. The maximum Gasteiger partial charge on any atom is 0.339 e. The number of halogens is 2. The molecule has 0 amide bonds. The van der Waals surface area contributed by atoms with Gasteiger partial charge in [0.1, 0.15) is 5.75 Å². The van der Waals surface area contributed by atoms with E-state index in [1.54, 1.807) is 0 Å². The van der Waals surface area contributed by atoms with Crippen molar-refractivity contribution < 1.29 is 28.5 Å². The number of hydrogen-bond acceptors (Lipinski definition) is 4. The molecule has 0 aromatic heterocycles. The van der Waals surface area contributed by atoms with Crippen molar-refractivity contribution in [3.63, 3.8) is 0 Å². The molecule has 0 bridgehead atoms. The van der Waals surface area contributed by atoms with Crippen molar-refractivity contribution in [2.45, 2.75) is 13.0 Å². The monoisotopic (exact) mass is 232 g/mol. The van der Waals surface area contributed by atoms with Crippen LogP contribution in [0.15, 0.2) is 12.1 Å². The number of carbonyl (C=O) groups is 1. The molecular weight excluding hydrogens is 222 g/mol. The minimum atomic E-state index is -2.05. The highest BCUT2D eigenvalue weighted by Gasteiger charge is 2.27. The van der Waals surface area contributed by atoms with E-state index in [0.29, 0.717) is 6.07 Å². The van der Waals surface area contributed by atoms with Crippen molar-refractivity contribution in [2.24, 2.45) is 0 Å². The summed E-state index contributed by atoms with van der Waals surface area (Å²) in [6.45, 7) is 1.47. The van der Waals surface area contributed by atoms with Gasteiger partial charge in [-0.3, -0.25) is 0 Å². The van der Waals surface area contributed by atoms with Crippen molar-refractivity contribution in [2.75, 3.05) is 6.61 Å². The Kier molecular flexibility index (Phi) is 3.78. The molecule has 0 heterocycles. The zero-order valence-corrected chi connectivity index (χ0v) is 8.41. The van der Waals surface area contributed by atoms with Crippen molar-refractivity contribution in [1.82, 2.24) is 0 Å². The molecule has 6 heteroatoms. The number of aromatic hydroxyl groups is 1. The molecule has 88 valence electrons. The van der Waals surface area contributed by atoms with E-state index in [1.807, 2.05) is 0 Å². The molecule has 0 fully saturated rings. The van der Waals surface area contributed by atoms with E-state index in [-0.39, 0.29) is 6.61 Å². The van der Waals surface area contributed by atoms with Gasteiger partial charge in [-0.2, -0.15) is 0 Å². The summed E-state index contributed by atoms with van der Waals surface area (Å²) in [5.41, 5.74) is -0.821. The van der Waals surface area contributed by atoms with E-state index in [9.17, 15) is 23.8 Å². The van der Waals surface area contributed by atoms with Crippen LogP contribution in [0.2, 0.25) is 0 Å². The molecule has 0 aliphatic heterocycles. The van der Waals surface area contributed by atoms with Gasteiger partial charge in [0, 0.05) is 0 Å². The summed E-state index contributed by atoms with van der Waals surface area (Å²) in [5, 5.41) is 18.6. The number of rotatable bonds is 3. The van der Waals surface area contributed by atoms with E-state index in [4.69, 9.17) is 0 Å². The van der Waals surface area contributed by atoms with E-state index >= 15 is 0 Å². The Hall–Kier alpha value is -1.69. The Morgan fingerprint density at radius 2 is 2.12 bits per heavy atom. The van der Waals surface area contributed by atoms with Crippen molar-refractivity contribution in [3.8, 4) is 5.75 Å². The fraction of sp³-hybridized carbons (Fsp3) is 0.300. The number of aliphatic hydroxyl groups excluding tert-OH is 1. The lowest BCUT2D eigenvalue weighted by atomic mass is 10.1. The molecule has 0 saturated carbocycles. The number of aliphatic hydroxyl groups is 1. The molecule has 1 aromatic carbocycles. The number of phenolic OH excluding ortho intramolecular Hbond substituents is 1. The Balaban J connectivity index is 3.12. The summed E-state index contributed by atoms with van der Waals surface area (Å²) in [5.74, 6) is -4.60. The standard InChI is InChI=1S/C10H10F2O4/c1-2-16-10(15)9(14)7-6(13)4-3-5(11)8(7)12/h3-4,9,13-14H,2H2,1H3. The van der Waals surface area contributed by atoms with Crippen LogP contribution in [-0.2, 0) is 9.53 Å². The van der Waals surface area contributed by atoms with Crippen LogP contribution in [0.1, 0.15) is 18.6 Å². The lowest BCUT2D eigenvalue weighted by molar-refractivity contribution is -0.153. The van der Waals surface area contributed by atoms with E-state index < -0.39 is 35.0 Å². The SMILES string of the molecule is CCOC(=O)C(O)c1c(O)ccc(F)c1F. The van der Waals surface area contributed by atoms with E-state index in [0.717, 1.165) is 6.07 Å². The molecule has 0 aliphatic carbocycles. The zero-order valence-electron chi connectivity index (χ0n) is 8.41. The first-order valence-electron chi connectivity index (χ1n) is 4.50. The normalized spacial score (nSPS) is 12.2. The first kappa shape index (κ1) is 12.4. The Morgan fingerprint density at radius 1 is 1.50 bits per heavy atom. The van der Waals surface area contributed by atoms with Gasteiger partial charge >= 0.3 is 5.97 Å². The lowest BCUT2D eigenvalue weighted by Crippen LogP contribution is -2.17. The summed E-state index contributed by atoms with van der Waals surface area (Å²) in [4.78, 5) is 11.1. The molecule has 0 aliphatic rings. The number of ether oxygens (including phenoxy) is 1. The van der Waals surface area contributed by atoms with Crippen molar-refractivity contribution in [3.05, 3.63) is 29.3 Å². The summed E-state index contributed by atoms with van der Waals surface area (Å²) < 4.78 is 30.4. The number of carbonyl (C=O) groups excluding carboxylic acids is 1.